The van der Waals surface area contributed by atoms with E-state index in [1.54, 1.807) is 4.90 Å². The van der Waals surface area contributed by atoms with Gasteiger partial charge in [-0.05, 0) is 43.0 Å². The molecule has 0 bridgehead atoms. The van der Waals surface area contributed by atoms with Crippen LogP contribution in [0.25, 0.3) is 0 Å². The highest BCUT2D eigenvalue weighted by Crippen LogP contribution is 2.29. The topological polar surface area (TPSA) is 49.4 Å². The van der Waals surface area contributed by atoms with Crippen molar-refractivity contribution in [2.45, 2.75) is 26.7 Å². The normalized spacial score (nSPS) is 17.0. The minimum Gasteiger partial charge on any atom is -0.355 e. The lowest BCUT2D eigenvalue weighted by atomic mass is 10.1. The van der Waals surface area contributed by atoms with Gasteiger partial charge in [-0.15, -0.1) is 0 Å². The van der Waals surface area contributed by atoms with Gasteiger partial charge in [0.2, 0.25) is 11.8 Å². The minimum atomic E-state index is -0.275. The molecule has 0 radical (unpaired) electrons. The maximum absolute atomic E-state index is 12.4. The molecule has 4 heteroatoms. The molecular weight excluding hydrogens is 312 g/mol. The third kappa shape index (κ3) is 3.90. The van der Waals surface area contributed by atoms with Crippen LogP contribution in [0.2, 0.25) is 0 Å². The van der Waals surface area contributed by atoms with Crippen molar-refractivity contribution in [3.8, 4) is 0 Å². The Morgan fingerprint density at radius 3 is 2.64 bits per heavy atom. The molecule has 0 aromatic heterocycles. The fourth-order valence-corrected chi connectivity index (χ4v) is 3.26. The average molecular weight is 336 g/mol. The zero-order valence-electron chi connectivity index (χ0n) is 14.8. The Labute approximate surface area is 148 Å². The van der Waals surface area contributed by atoms with Gasteiger partial charge in [-0.2, -0.15) is 0 Å². The average Bonchev–Trinajstić information content (AvgIpc) is 3.00. The molecule has 1 aliphatic rings. The lowest BCUT2D eigenvalue weighted by Gasteiger charge is -2.20. The first-order valence-electron chi connectivity index (χ1n) is 8.74. The molecule has 1 atom stereocenters. The Hall–Kier alpha value is -2.62. The van der Waals surface area contributed by atoms with Gasteiger partial charge in [0.1, 0.15) is 0 Å². The van der Waals surface area contributed by atoms with E-state index < -0.39 is 0 Å². The highest BCUT2D eigenvalue weighted by Gasteiger charge is 2.35. The fraction of sp³-hybridized carbons (Fsp3) is 0.333. The zero-order chi connectivity index (χ0) is 17.8. The number of carbonyl (C=O) groups excluding carboxylic acids is 2. The maximum atomic E-state index is 12.4. The van der Waals surface area contributed by atoms with Crippen molar-refractivity contribution in [3.05, 3.63) is 65.2 Å². The summed E-state index contributed by atoms with van der Waals surface area (Å²) >= 11 is 0. The molecule has 2 aromatic carbocycles. The number of benzene rings is 2. The van der Waals surface area contributed by atoms with E-state index >= 15 is 0 Å². The van der Waals surface area contributed by atoms with Crippen molar-refractivity contribution in [3.63, 3.8) is 0 Å². The van der Waals surface area contributed by atoms with Crippen LogP contribution in [0.1, 0.15) is 23.1 Å². The first-order chi connectivity index (χ1) is 12.1. The van der Waals surface area contributed by atoms with E-state index in [1.807, 2.05) is 62.4 Å². The summed E-state index contributed by atoms with van der Waals surface area (Å²) in [6.07, 6.45) is 1.08. The largest absolute Gasteiger partial charge is 0.355 e. The van der Waals surface area contributed by atoms with Gasteiger partial charge in [0, 0.05) is 25.2 Å². The molecule has 4 nitrogen and oxygen atoms in total. The van der Waals surface area contributed by atoms with Crippen LogP contribution in [-0.2, 0) is 16.0 Å². The molecule has 1 heterocycles. The van der Waals surface area contributed by atoms with E-state index in [0.29, 0.717) is 13.1 Å². The second kappa shape index (κ2) is 7.51. The summed E-state index contributed by atoms with van der Waals surface area (Å²) in [5, 5.41) is 2.97. The van der Waals surface area contributed by atoms with Gasteiger partial charge < -0.3 is 10.2 Å². The van der Waals surface area contributed by atoms with Crippen LogP contribution in [0.4, 0.5) is 5.69 Å². The van der Waals surface area contributed by atoms with Crippen LogP contribution < -0.4 is 10.2 Å². The molecule has 0 unspecified atom stereocenters. The zero-order valence-corrected chi connectivity index (χ0v) is 14.8. The number of carbonyl (C=O) groups is 2. The van der Waals surface area contributed by atoms with E-state index in [-0.39, 0.29) is 24.2 Å². The Morgan fingerprint density at radius 1 is 1.12 bits per heavy atom. The number of anilines is 1. The number of hydrogen-bond donors (Lipinski definition) is 1. The van der Waals surface area contributed by atoms with Crippen LogP contribution in [0, 0.1) is 19.8 Å². The van der Waals surface area contributed by atoms with Crippen LogP contribution in [0.3, 0.4) is 0 Å². The third-order valence-corrected chi connectivity index (χ3v) is 4.92. The van der Waals surface area contributed by atoms with Gasteiger partial charge in [-0.3, -0.25) is 9.59 Å². The summed E-state index contributed by atoms with van der Waals surface area (Å²) in [4.78, 5) is 26.6. The molecular formula is C21H24N2O2. The quantitative estimate of drug-likeness (QED) is 0.912. The number of nitrogens with one attached hydrogen (secondary N) is 1. The van der Waals surface area contributed by atoms with Crippen LogP contribution in [-0.4, -0.2) is 24.9 Å². The highest BCUT2D eigenvalue weighted by molar-refractivity contribution is 6.00. The molecule has 1 fully saturated rings. The third-order valence-electron chi connectivity index (χ3n) is 4.92. The van der Waals surface area contributed by atoms with Crippen molar-refractivity contribution in [2.75, 3.05) is 18.0 Å². The predicted molar refractivity (Wildman–Crippen MR) is 99.5 cm³/mol. The second-order valence-electron chi connectivity index (χ2n) is 6.65. The number of rotatable bonds is 5. The summed E-state index contributed by atoms with van der Waals surface area (Å²) in [5.41, 5.74) is 4.37. The molecule has 1 aliphatic heterocycles. The molecule has 2 amide bonds. The van der Waals surface area contributed by atoms with Gasteiger partial charge >= 0.3 is 0 Å². The lowest BCUT2D eigenvalue weighted by molar-refractivity contribution is -0.126. The summed E-state index contributed by atoms with van der Waals surface area (Å²) in [6.45, 7) is 5.11. The predicted octanol–water partition coefficient (Wildman–Crippen LogP) is 3.02. The summed E-state index contributed by atoms with van der Waals surface area (Å²) in [6, 6.07) is 16.0. The smallest absolute Gasteiger partial charge is 0.227 e. The van der Waals surface area contributed by atoms with E-state index in [2.05, 4.69) is 5.32 Å². The van der Waals surface area contributed by atoms with Gasteiger partial charge in [0.05, 0.1) is 5.92 Å². The number of amides is 2. The minimum absolute atomic E-state index is 0.0249. The first-order valence-corrected chi connectivity index (χ1v) is 8.74. The fourth-order valence-electron chi connectivity index (χ4n) is 3.26. The molecule has 0 saturated carbocycles. The van der Waals surface area contributed by atoms with E-state index in [0.717, 1.165) is 23.2 Å². The van der Waals surface area contributed by atoms with Crippen molar-refractivity contribution >= 4 is 17.5 Å². The summed E-state index contributed by atoms with van der Waals surface area (Å²) in [7, 11) is 0. The molecule has 3 rings (SSSR count). The SMILES string of the molecule is Cc1cccc(N2C[C@@H](C(=O)NCCc3ccccc3)CC2=O)c1C. The summed E-state index contributed by atoms with van der Waals surface area (Å²) in [5.74, 6) is -0.280. The molecule has 1 N–H and O–H groups in total. The Kier molecular flexibility index (Phi) is 5.17. The van der Waals surface area contributed by atoms with Crippen LogP contribution in [0.5, 0.6) is 0 Å². The summed E-state index contributed by atoms with van der Waals surface area (Å²) < 4.78 is 0. The Balaban J connectivity index is 1.58. The molecule has 0 aliphatic carbocycles. The van der Waals surface area contributed by atoms with Crippen LogP contribution >= 0.6 is 0 Å². The second-order valence-corrected chi connectivity index (χ2v) is 6.65. The monoisotopic (exact) mass is 336 g/mol. The van der Waals surface area contributed by atoms with Gasteiger partial charge in [-0.1, -0.05) is 42.5 Å². The Morgan fingerprint density at radius 2 is 1.88 bits per heavy atom. The number of hydrogen-bond acceptors (Lipinski definition) is 2. The van der Waals surface area contributed by atoms with Crippen molar-refractivity contribution in [1.29, 1.82) is 0 Å². The van der Waals surface area contributed by atoms with E-state index in [9.17, 15) is 9.59 Å². The van der Waals surface area contributed by atoms with Gasteiger partial charge in [-0.25, -0.2) is 0 Å². The van der Waals surface area contributed by atoms with Crippen molar-refractivity contribution < 1.29 is 9.59 Å². The molecule has 1 saturated heterocycles. The van der Waals surface area contributed by atoms with Crippen molar-refractivity contribution in [2.24, 2.45) is 5.92 Å². The van der Waals surface area contributed by atoms with Gasteiger partial charge in [0.15, 0.2) is 0 Å². The Bertz CT molecular complexity index is 771. The molecule has 0 spiro atoms. The maximum Gasteiger partial charge on any atom is 0.227 e. The van der Waals surface area contributed by atoms with Crippen LogP contribution in [0.15, 0.2) is 48.5 Å². The highest BCUT2D eigenvalue weighted by atomic mass is 16.2. The standard InChI is InChI=1S/C21H24N2O2/c1-15-7-6-10-19(16(15)2)23-14-18(13-20(23)24)21(25)22-12-11-17-8-4-3-5-9-17/h3-10,18H,11-14H2,1-2H3,(H,22,25)/t18-/m0/s1. The molecule has 2 aromatic rings. The van der Waals surface area contributed by atoms with Crippen molar-refractivity contribution in [1.82, 2.24) is 5.32 Å². The van der Waals surface area contributed by atoms with E-state index in [4.69, 9.17) is 0 Å². The molecule has 130 valence electrons. The number of aryl methyl sites for hydroxylation is 1. The first kappa shape index (κ1) is 17.2. The van der Waals surface area contributed by atoms with E-state index in [1.165, 1.54) is 5.56 Å². The lowest BCUT2D eigenvalue weighted by Crippen LogP contribution is -2.34. The molecule has 25 heavy (non-hydrogen) atoms. The van der Waals surface area contributed by atoms with Gasteiger partial charge in [0.25, 0.3) is 0 Å². The number of nitrogens with zero attached hydrogens (tertiary/aromatic N) is 1.